The maximum Gasteiger partial charge on any atom is 0.169 e. The normalized spacial score (nSPS) is 10.2. The predicted molar refractivity (Wildman–Crippen MR) is 89.0 cm³/mol. The quantitative estimate of drug-likeness (QED) is 0.793. The third-order valence-electron chi connectivity index (χ3n) is 2.84. The van der Waals surface area contributed by atoms with Crippen LogP contribution in [0.25, 0.3) is 0 Å². The number of methoxy groups -OCH3 is 1. The summed E-state index contributed by atoms with van der Waals surface area (Å²) >= 11 is 8.36. The molecule has 0 atom stereocenters. The van der Waals surface area contributed by atoms with Crippen LogP contribution >= 0.6 is 28.1 Å². The molecule has 3 N–H and O–H groups in total. The van der Waals surface area contributed by atoms with Gasteiger partial charge in [0.15, 0.2) is 11.5 Å². The van der Waals surface area contributed by atoms with Gasteiger partial charge < -0.3 is 20.3 Å². The molecule has 110 valence electrons. The van der Waals surface area contributed by atoms with Gasteiger partial charge in [0, 0.05) is 10.0 Å². The van der Waals surface area contributed by atoms with E-state index in [2.05, 4.69) is 15.9 Å². The van der Waals surface area contributed by atoms with Crippen molar-refractivity contribution in [2.45, 2.75) is 6.61 Å². The van der Waals surface area contributed by atoms with Crippen LogP contribution in [0.5, 0.6) is 17.2 Å². The van der Waals surface area contributed by atoms with Crippen molar-refractivity contribution in [1.29, 1.82) is 0 Å². The van der Waals surface area contributed by atoms with Crippen LogP contribution in [0, 0.1) is 0 Å². The van der Waals surface area contributed by atoms with Gasteiger partial charge in [0.2, 0.25) is 0 Å². The summed E-state index contributed by atoms with van der Waals surface area (Å²) < 4.78 is 11.8. The van der Waals surface area contributed by atoms with E-state index in [1.807, 2.05) is 0 Å². The highest BCUT2D eigenvalue weighted by atomic mass is 79.9. The Kier molecular flexibility index (Phi) is 5.17. The Labute approximate surface area is 136 Å². The van der Waals surface area contributed by atoms with Gasteiger partial charge in [-0.15, -0.1) is 0 Å². The Hall–Kier alpha value is -1.63. The van der Waals surface area contributed by atoms with Crippen molar-refractivity contribution in [3.63, 3.8) is 0 Å². The minimum Gasteiger partial charge on any atom is -0.493 e. The zero-order chi connectivity index (χ0) is 15.4. The summed E-state index contributed by atoms with van der Waals surface area (Å²) in [6.07, 6.45) is 0. The second-order valence-electron chi connectivity index (χ2n) is 4.25. The van der Waals surface area contributed by atoms with Crippen molar-refractivity contribution < 1.29 is 14.6 Å². The van der Waals surface area contributed by atoms with Gasteiger partial charge in [0.05, 0.1) is 13.7 Å². The average Bonchev–Trinajstić information content (AvgIpc) is 2.47. The Morgan fingerprint density at radius 1 is 1.24 bits per heavy atom. The molecule has 0 aliphatic heterocycles. The smallest absolute Gasteiger partial charge is 0.169 e. The molecule has 2 aromatic carbocycles. The average molecular weight is 368 g/mol. The lowest BCUT2D eigenvalue weighted by molar-refractivity contribution is 0.280. The van der Waals surface area contributed by atoms with Crippen LogP contribution in [-0.4, -0.2) is 17.2 Å². The lowest BCUT2D eigenvalue weighted by Crippen LogP contribution is -2.09. The maximum absolute atomic E-state index is 9.13. The number of nitrogens with two attached hydrogens (primary N) is 1. The predicted octanol–water partition coefficient (Wildman–Crippen LogP) is 3.38. The Balaban J connectivity index is 2.30. The zero-order valence-corrected chi connectivity index (χ0v) is 13.7. The fourth-order valence-corrected chi connectivity index (χ4v) is 2.66. The van der Waals surface area contributed by atoms with Crippen LogP contribution < -0.4 is 15.2 Å². The summed E-state index contributed by atoms with van der Waals surface area (Å²) in [5.74, 6) is 1.73. The number of hydrogen-bond acceptors (Lipinski definition) is 4. The van der Waals surface area contributed by atoms with Crippen molar-refractivity contribution in [2.24, 2.45) is 5.73 Å². The Morgan fingerprint density at radius 3 is 2.57 bits per heavy atom. The molecule has 2 aromatic rings. The third-order valence-corrected chi connectivity index (χ3v) is 3.72. The van der Waals surface area contributed by atoms with E-state index in [9.17, 15) is 0 Å². The van der Waals surface area contributed by atoms with Crippen molar-refractivity contribution in [2.75, 3.05) is 7.11 Å². The van der Waals surface area contributed by atoms with Crippen LogP contribution in [0.4, 0.5) is 0 Å². The van der Waals surface area contributed by atoms with E-state index < -0.39 is 0 Å². The molecule has 0 heterocycles. The van der Waals surface area contributed by atoms with Gasteiger partial charge >= 0.3 is 0 Å². The first-order chi connectivity index (χ1) is 10.0. The van der Waals surface area contributed by atoms with Crippen molar-refractivity contribution in [3.8, 4) is 17.2 Å². The molecule has 0 fully saturated rings. The van der Waals surface area contributed by atoms with Crippen LogP contribution in [0.3, 0.4) is 0 Å². The van der Waals surface area contributed by atoms with E-state index in [0.29, 0.717) is 22.2 Å². The number of halogens is 1. The van der Waals surface area contributed by atoms with Crippen molar-refractivity contribution >= 4 is 33.1 Å². The molecule has 0 radical (unpaired) electrons. The first-order valence-corrected chi connectivity index (χ1v) is 7.30. The number of aliphatic hydroxyl groups is 1. The van der Waals surface area contributed by atoms with E-state index >= 15 is 0 Å². The van der Waals surface area contributed by atoms with E-state index in [1.54, 1.807) is 43.5 Å². The minimum absolute atomic E-state index is 0.0508. The van der Waals surface area contributed by atoms with Gasteiger partial charge in [-0.2, -0.15) is 0 Å². The molecule has 0 spiro atoms. The molecule has 2 rings (SSSR count). The molecular weight excluding hydrogens is 354 g/mol. The molecule has 0 aliphatic carbocycles. The second kappa shape index (κ2) is 6.89. The lowest BCUT2D eigenvalue weighted by atomic mass is 10.2. The van der Waals surface area contributed by atoms with Gasteiger partial charge in [0.1, 0.15) is 10.7 Å². The lowest BCUT2D eigenvalue weighted by Gasteiger charge is -2.12. The van der Waals surface area contributed by atoms with E-state index in [1.165, 1.54) is 0 Å². The third kappa shape index (κ3) is 3.72. The molecule has 21 heavy (non-hydrogen) atoms. The monoisotopic (exact) mass is 367 g/mol. The van der Waals surface area contributed by atoms with Crippen LogP contribution in [0.1, 0.15) is 11.1 Å². The molecule has 0 aliphatic rings. The highest BCUT2D eigenvalue weighted by Gasteiger charge is 2.09. The molecular formula is C15H14BrNO3S. The highest BCUT2D eigenvalue weighted by Crippen LogP contribution is 2.34. The number of thiocarbonyl (C=S) groups is 1. The molecule has 0 aromatic heterocycles. The number of rotatable bonds is 5. The summed E-state index contributed by atoms with van der Waals surface area (Å²) in [7, 11) is 1.55. The molecule has 4 nitrogen and oxygen atoms in total. The summed E-state index contributed by atoms with van der Waals surface area (Å²) in [5.41, 5.74) is 7.12. The molecule has 0 amide bonds. The number of aliphatic hydroxyl groups excluding tert-OH is 1. The van der Waals surface area contributed by atoms with Crippen molar-refractivity contribution in [3.05, 3.63) is 52.0 Å². The van der Waals surface area contributed by atoms with Gasteiger partial charge in [-0.3, -0.25) is 0 Å². The fraction of sp³-hybridized carbons (Fsp3) is 0.133. The largest absolute Gasteiger partial charge is 0.493 e. The second-order valence-corrected chi connectivity index (χ2v) is 5.55. The number of hydrogen-bond donors (Lipinski definition) is 2. The highest BCUT2D eigenvalue weighted by molar-refractivity contribution is 9.10. The van der Waals surface area contributed by atoms with Gasteiger partial charge in [-0.05, 0) is 51.8 Å². The van der Waals surface area contributed by atoms with Gasteiger partial charge in [0.25, 0.3) is 0 Å². The fourth-order valence-electron chi connectivity index (χ4n) is 1.78. The zero-order valence-electron chi connectivity index (χ0n) is 11.3. The van der Waals surface area contributed by atoms with Crippen molar-refractivity contribution in [1.82, 2.24) is 0 Å². The van der Waals surface area contributed by atoms with Gasteiger partial charge in [-0.1, -0.05) is 18.3 Å². The SMILES string of the molecule is COc1cc(CO)ccc1Oc1ccc(C(N)=S)c(Br)c1. The van der Waals surface area contributed by atoms with Gasteiger partial charge in [-0.25, -0.2) is 0 Å². The van der Waals surface area contributed by atoms with Crippen LogP contribution in [0.15, 0.2) is 40.9 Å². The number of benzene rings is 2. The Morgan fingerprint density at radius 2 is 2.00 bits per heavy atom. The number of ether oxygens (including phenoxy) is 2. The summed E-state index contributed by atoms with van der Waals surface area (Å²) in [6.45, 7) is -0.0508. The van der Waals surface area contributed by atoms with E-state index in [0.717, 1.165) is 15.6 Å². The molecule has 6 heteroatoms. The molecule has 0 saturated carbocycles. The van der Waals surface area contributed by atoms with E-state index in [4.69, 9.17) is 32.5 Å². The molecule has 0 unspecified atom stereocenters. The summed E-state index contributed by atoms with van der Waals surface area (Å²) in [5, 5.41) is 9.13. The first kappa shape index (κ1) is 15.8. The summed E-state index contributed by atoms with van der Waals surface area (Å²) in [4.78, 5) is 0.318. The molecule has 0 saturated heterocycles. The van der Waals surface area contributed by atoms with E-state index in [-0.39, 0.29) is 6.61 Å². The maximum atomic E-state index is 9.13. The van der Waals surface area contributed by atoms with Crippen LogP contribution in [0.2, 0.25) is 0 Å². The minimum atomic E-state index is -0.0508. The first-order valence-electron chi connectivity index (χ1n) is 6.10. The van der Waals surface area contributed by atoms with Crippen LogP contribution in [-0.2, 0) is 6.61 Å². The topological polar surface area (TPSA) is 64.7 Å². The molecule has 0 bridgehead atoms. The Bertz CT molecular complexity index is 676. The summed E-state index contributed by atoms with van der Waals surface area (Å²) in [6, 6.07) is 10.6. The standard InChI is InChI=1S/C15H14BrNO3S/c1-19-14-6-9(8-18)2-5-13(14)20-10-3-4-11(15(17)21)12(16)7-10/h2-7,18H,8H2,1H3,(H2,17,21).